The van der Waals surface area contributed by atoms with Crippen molar-refractivity contribution in [3.05, 3.63) is 17.0 Å². The first-order valence-electron chi connectivity index (χ1n) is 4.67. The summed E-state index contributed by atoms with van der Waals surface area (Å²) in [5.41, 5.74) is 0.485. The van der Waals surface area contributed by atoms with Crippen LogP contribution in [0.15, 0.2) is 11.4 Å². The van der Waals surface area contributed by atoms with Crippen molar-refractivity contribution in [2.24, 2.45) is 0 Å². The second kappa shape index (κ2) is 6.53. The number of carbonyl (C=O) groups is 1. The Morgan fingerprint density at radius 3 is 3.19 bits per heavy atom. The quantitative estimate of drug-likeness (QED) is 0.840. The summed E-state index contributed by atoms with van der Waals surface area (Å²) in [6.07, 6.45) is 0. The summed E-state index contributed by atoms with van der Waals surface area (Å²) in [5, 5.41) is 22.6. The van der Waals surface area contributed by atoms with Crippen LogP contribution in [0, 0.1) is 11.3 Å². The molecule has 0 saturated carbocycles. The van der Waals surface area contributed by atoms with Gasteiger partial charge in [-0.1, -0.05) is 6.92 Å². The number of carbonyl (C=O) groups excluding carboxylic acids is 1. The Balaban J connectivity index is 2.43. The van der Waals surface area contributed by atoms with Crippen molar-refractivity contribution in [2.45, 2.75) is 12.2 Å². The number of anilines is 1. The Hall–Kier alpha value is -1.03. The molecule has 0 bridgehead atoms. The predicted octanol–water partition coefficient (Wildman–Crippen LogP) is 1.67. The molecule has 0 aliphatic rings. The lowest BCUT2D eigenvalue weighted by molar-refractivity contribution is -0.113. The van der Waals surface area contributed by atoms with Crippen LogP contribution in [0.5, 0.6) is 0 Å². The number of thioether (sulfide) groups is 1. The molecule has 6 heteroatoms. The van der Waals surface area contributed by atoms with Crippen LogP contribution in [0.4, 0.5) is 5.00 Å². The number of amides is 1. The highest BCUT2D eigenvalue weighted by molar-refractivity contribution is 8.00. The van der Waals surface area contributed by atoms with Crippen LogP contribution in [0.25, 0.3) is 0 Å². The maximum absolute atomic E-state index is 11.5. The molecule has 2 N–H and O–H groups in total. The van der Waals surface area contributed by atoms with Gasteiger partial charge in [-0.05, 0) is 11.4 Å². The normalized spacial score (nSPS) is 11.8. The monoisotopic (exact) mass is 256 g/mol. The number of nitrogens with zero attached hydrogens (tertiary/aromatic N) is 1. The van der Waals surface area contributed by atoms with Crippen LogP contribution < -0.4 is 5.32 Å². The lowest BCUT2D eigenvalue weighted by Crippen LogP contribution is -2.16. The molecule has 4 nitrogen and oxygen atoms in total. The summed E-state index contributed by atoms with van der Waals surface area (Å²) in [5.74, 6) is 0.133. The van der Waals surface area contributed by atoms with Gasteiger partial charge in [-0.25, -0.2) is 0 Å². The van der Waals surface area contributed by atoms with Crippen LogP contribution >= 0.6 is 23.1 Å². The van der Waals surface area contributed by atoms with Crippen molar-refractivity contribution in [2.75, 3.05) is 17.7 Å². The third-order valence-corrected chi connectivity index (χ3v) is 3.77. The zero-order chi connectivity index (χ0) is 12.0. The van der Waals surface area contributed by atoms with Crippen LogP contribution in [0.3, 0.4) is 0 Å². The summed E-state index contributed by atoms with van der Waals surface area (Å²) in [7, 11) is 0. The number of aliphatic hydroxyl groups excluding tert-OH is 1. The fourth-order valence-electron chi connectivity index (χ4n) is 0.927. The molecular formula is C10H12N2O2S2. The van der Waals surface area contributed by atoms with Gasteiger partial charge in [-0.3, -0.25) is 4.79 Å². The van der Waals surface area contributed by atoms with Crippen molar-refractivity contribution >= 4 is 34.0 Å². The van der Waals surface area contributed by atoms with Gasteiger partial charge in [-0.15, -0.1) is 23.1 Å². The lowest BCUT2D eigenvalue weighted by atomic mass is 10.3. The van der Waals surface area contributed by atoms with E-state index in [9.17, 15) is 4.79 Å². The van der Waals surface area contributed by atoms with Gasteiger partial charge in [0.05, 0.1) is 17.9 Å². The minimum absolute atomic E-state index is 0.0459. The molecule has 0 radical (unpaired) electrons. The van der Waals surface area contributed by atoms with E-state index in [0.717, 1.165) is 0 Å². The zero-order valence-corrected chi connectivity index (χ0v) is 10.4. The first-order valence-corrected chi connectivity index (χ1v) is 6.60. The average Bonchev–Trinajstić information content (AvgIpc) is 2.73. The fourth-order valence-corrected chi connectivity index (χ4v) is 2.29. The summed E-state index contributed by atoms with van der Waals surface area (Å²) < 4.78 is 0. The number of rotatable bonds is 5. The van der Waals surface area contributed by atoms with Crippen molar-refractivity contribution in [3.8, 4) is 6.07 Å². The fraction of sp³-hybridized carbons (Fsp3) is 0.400. The predicted molar refractivity (Wildman–Crippen MR) is 66.7 cm³/mol. The second-order valence-corrected chi connectivity index (χ2v) is 5.47. The van der Waals surface area contributed by atoms with Gasteiger partial charge in [0.2, 0.25) is 5.91 Å². The van der Waals surface area contributed by atoms with Crippen molar-refractivity contribution < 1.29 is 9.90 Å². The van der Waals surface area contributed by atoms with E-state index in [2.05, 4.69) is 5.32 Å². The lowest BCUT2D eigenvalue weighted by Gasteiger charge is -2.07. The van der Waals surface area contributed by atoms with Gasteiger partial charge in [-0.2, -0.15) is 5.26 Å². The van der Waals surface area contributed by atoms with E-state index >= 15 is 0 Å². The van der Waals surface area contributed by atoms with Crippen LogP contribution in [0.1, 0.15) is 12.5 Å². The molecule has 1 rings (SSSR count). The first-order chi connectivity index (χ1) is 7.67. The number of hydrogen-bond acceptors (Lipinski definition) is 5. The van der Waals surface area contributed by atoms with Gasteiger partial charge < -0.3 is 10.4 Å². The van der Waals surface area contributed by atoms with Gasteiger partial charge in [0.1, 0.15) is 11.1 Å². The molecule has 0 aliphatic carbocycles. The molecule has 1 atom stereocenters. The molecule has 0 aliphatic heterocycles. The second-order valence-electron chi connectivity index (χ2n) is 3.13. The Morgan fingerprint density at radius 2 is 2.56 bits per heavy atom. The topological polar surface area (TPSA) is 73.1 Å². The van der Waals surface area contributed by atoms with E-state index in [0.29, 0.717) is 10.6 Å². The highest BCUT2D eigenvalue weighted by Crippen LogP contribution is 2.22. The maximum atomic E-state index is 11.5. The van der Waals surface area contributed by atoms with Gasteiger partial charge in [0.25, 0.3) is 0 Å². The molecule has 0 aromatic carbocycles. The maximum Gasteiger partial charge on any atom is 0.235 e. The van der Waals surface area contributed by atoms with Gasteiger partial charge in [0, 0.05) is 5.25 Å². The van der Waals surface area contributed by atoms with Crippen molar-refractivity contribution in [1.29, 1.82) is 5.26 Å². The molecule has 1 heterocycles. The minimum atomic E-state index is -0.149. The van der Waals surface area contributed by atoms with E-state index < -0.39 is 0 Å². The van der Waals surface area contributed by atoms with E-state index in [-0.39, 0.29) is 23.5 Å². The number of nitrogens with one attached hydrogen (secondary N) is 1. The van der Waals surface area contributed by atoms with E-state index in [1.165, 1.54) is 23.1 Å². The van der Waals surface area contributed by atoms with Gasteiger partial charge >= 0.3 is 0 Å². The molecule has 0 spiro atoms. The standard InChI is InChI=1S/C10H12N2O2S2/c1-7(5-13)16-6-9(14)12-10-8(4-11)2-3-15-10/h2-3,7,13H,5-6H2,1H3,(H,12,14). The third kappa shape index (κ3) is 3.85. The highest BCUT2D eigenvalue weighted by atomic mass is 32.2. The largest absolute Gasteiger partial charge is 0.395 e. The molecule has 1 unspecified atom stereocenters. The number of hydrogen-bond donors (Lipinski definition) is 2. The minimum Gasteiger partial charge on any atom is -0.395 e. The molecule has 0 saturated heterocycles. The molecule has 16 heavy (non-hydrogen) atoms. The first kappa shape index (κ1) is 13.0. The van der Waals surface area contributed by atoms with Crippen molar-refractivity contribution in [1.82, 2.24) is 0 Å². The summed E-state index contributed by atoms with van der Waals surface area (Å²) in [6, 6.07) is 3.68. The smallest absolute Gasteiger partial charge is 0.235 e. The summed E-state index contributed by atoms with van der Waals surface area (Å²) in [4.78, 5) is 11.5. The average molecular weight is 256 g/mol. The summed E-state index contributed by atoms with van der Waals surface area (Å²) in [6.45, 7) is 1.91. The van der Waals surface area contributed by atoms with Crippen LogP contribution in [-0.2, 0) is 4.79 Å². The van der Waals surface area contributed by atoms with Gasteiger partial charge in [0.15, 0.2) is 0 Å². The zero-order valence-electron chi connectivity index (χ0n) is 8.77. The van der Waals surface area contributed by atoms with E-state index in [1.807, 2.05) is 13.0 Å². The number of aliphatic hydroxyl groups is 1. The highest BCUT2D eigenvalue weighted by Gasteiger charge is 2.09. The molecule has 86 valence electrons. The Bertz CT molecular complexity index is 398. The van der Waals surface area contributed by atoms with E-state index in [4.69, 9.17) is 10.4 Å². The summed E-state index contributed by atoms with van der Waals surface area (Å²) >= 11 is 2.71. The molecule has 0 fully saturated rings. The molecule has 1 aromatic rings. The van der Waals surface area contributed by atoms with Crippen molar-refractivity contribution in [3.63, 3.8) is 0 Å². The SMILES string of the molecule is CC(CO)SCC(=O)Nc1sccc1C#N. The number of nitriles is 1. The van der Waals surface area contributed by atoms with Crippen LogP contribution in [-0.4, -0.2) is 28.6 Å². The number of thiophene rings is 1. The van der Waals surface area contributed by atoms with Crippen LogP contribution in [0.2, 0.25) is 0 Å². The Kier molecular flexibility index (Phi) is 5.32. The molecule has 1 amide bonds. The Labute approximate surface area is 102 Å². The molecular weight excluding hydrogens is 244 g/mol. The van der Waals surface area contributed by atoms with E-state index in [1.54, 1.807) is 11.4 Å². The third-order valence-electron chi connectivity index (χ3n) is 1.79. The molecule has 1 aromatic heterocycles. The Morgan fingerprint density at radius 1 is 1.81 bits per heavy atom.